The van der Waals surface area contributed by atoms with E-state index < -0.39 is 0 Å². The van der Waals surface area contributed by atoms with Crippen LogP contribution in [0.1, 0.15) is 47.2 Å². The third kappa shape index (κ3) is 5.28. The minimum atomic E-state index is -0.340. The van der Waals surface area contributed by atoms with Crippen LogP contribution < -0.4 is 20.1 Å². The lowest BCUT2D eigenvalue weighted by Crippen LogP contribution is -2.33. The highest BCUT2D eigenvalue weighted by molar-refractivity contribution is 6.00. The number of hydrogen-bond acceptors (Lipinski definition) is 4. The van der Waals surface area contributed by atoms with Gasteiger partial charge in [-0.15, -0.1) is 0 Å². The molecule has 0 aliphatic heterocycles. The van der Waals surface area contributed by atoms with Crippen LogP contribution in [0.15, 0.2) is 36.4 Å². The second-order valence-electron chi connectivity index (χ2n) is 7.39. The molecule has 0 bridgehead atoms. The van der Waals surface area contributed by atoms with Crippen molar-refractivity contribution in [3.8, 4) is 11.5 Å². The predicted octanol–water partition coefficient (Wildman–Crippen LogP) is 4.00. The Kier molecular flexibility index (Phi) is 6.75. The lowest BCUT2D eigenvalue weighted by atomic mass is 10.1. The average Bonchev–Trinajstić information content (AvgIpc) is 3.22. The van der Waals surface area contributed by atoms with Gasteiger partial charge in [0, 0.05) is 11.3 Å². The van der Waals surface area contributed by atoms with Gasteiger partial charge in [-0.05, 0) is 68.9 Å². The highest BCUT2D eigenvalue weighted by atomic mass is 16.5. The number of anilines is 1. The molecule has 154 valence electrons. The molecule has 3 rings (SSSR count). The summed E-state index contributed by atoms with van der Waals surface area (Å²) in [6, 6.07) is 10.9. The highest BCUT2D eigenvalue weighted by Gasteiger charge is 2.19. The van der Waals surface area contributed by atoms with Crippen molar-refractivity contribution in [3.63, 3.8) is 0 Å². The first-order chi connectivity index (χ1) is 14.0. The number of para-hydroxylation sites is 1. The molecule has 2 amide bonds. The first-order valence-corrected chi connectivity index (χ1v) is 9.97. The van der Waals surface area contributed by atoms with Crippen molar-refractivity contribution < 1.29 is 19.1 Å². The maximum atomic E-state index is 12.5. The number of benzene rings is 2. The molecular weight excluding hydrogens is 368 g/mol. The van der Waals surface area contributed by atoms with Gasteiger partial charge in [-0.25, -0.2) is 0 Å². The molecule has 6 heteroatoms. The number of amides is 2. The fraction of sp³-hybridized carbons (Fsp3) is 0.391. The zero-order chi connectivity index (χ0) is 20.8. The van der Waals surface area contributed by atoms with Crippen molar-refractivity contribution in [1.29, 1.82) is 0 Å². The van der Waals surface area contributed by atoms with Crippen LogP contribution in [0.3, 0.4) is 0 Å². The first-order valence-electron chi connectivity index (χ1n) is 9.97. The van der Waals surface area contributed by atoms with Gasteiger partial charge in [0.1, 0.15) is 0 Å². The number of nitrogens with one attached hydrogen (secondary N) is 2. The zero-order valence-corrected chi connectivity index (χ0v) is 17.2. The van der Waals surface area contributed by atoms with Crippen molar-refractivity contribution in [2.75, 3.05) is 19.0 Å². The van der Waals surface area contributed by atoms with E-state index >= 15 is 0 Å². The predicted molar refractivity (Wildman–Crippen MR) is 113 cm³/mol. The van der Waals surface area contributed by atoms with Crippen LogP contribution in [0.2, 0.25) is 0 Å². The van der Waals surface area contributed by atoms with Crippen molar-refractivity contribution in [3.05, 3.63) is 53.1 Å². The molecule has 1 fully saturated rings. The van der Waals surface area contributed by atoms with Crippen LogP contribution in [0.25, 0.3) is 0 Å². The van der Waals surface area contributed by atoms with Gasteiger partial charge < -0.3 is 20.1 Å². The fourth-order valence-electron chi connectivity index (χ4n) is 3.55. The summed E-state index contributed by atoms with van der Waals surface area (Å²) in [4.78, 5) is 24.7. The molecule has 2 N–H and O–H groups in total. The van der Waals surface area contributed by atoms with E-state index in [1.54, 1.807) is 25.3 Å². The molecule has 0 unspecified atom stereocenters. The van der Waals surface area contributed by atoms with Crippen molar-refractivity contribution >= 4 is 17.5 Å². The summed E-state index contributed by atoms with van der Waals surface area (Å²) in [5, 5.41) is 5.51. The summed E-state index contributed by atoms with van der Waals surface area (Å²) < 4.78 is 11.4. The van der Waals surface area contributed by atoms with Crippen LogP contribution in [0, 0.1) is 13.8 Å². The minimum Gasteiger partial charge on any atom is -0.493 e. The van der Waals surface area contributed by atoms with E-state index in [9.17, 15) is 9.59 Å². The second kappa shape index (κ2) is 9.45. The molecule has 0 heterocycles. The molecular formula is C23H28N2O4. The molecule has 2 aromatic carbocycles. The Bertz CT molecular complexity index is 868. The summed E-state index contributed by atoms with van der Waals surface area (Å²) in [6.07, 6.45) is 4.65. The standard InChI is InChI=1S/C23H28N2O4/c1-15-7-6-8-16(2)22(15)25-21(26)14-24-23(27)17-11-12-19(20(13-17)28-3)29-18-9-4-5-10-18/h6-8,11-13,18H,4-5,9-10,14H2,1-3H3,(H,24,27)(H,25,26). The van der Waals surface area contributed by atoms with Gasteiger partial charge in [0.15, 0.2) is 11.5 Å². The smallest absolute Gasteiger partial charge is 0.251 e. The SMILES string of the molecule is COc1cc(C(=O)NCC(=O)Nc2c(C)cccc2C)ccc1OC1CCCC1. The Morgan fingerprint density at radius 1 is 1.03 bits per heavy atom. The van der Waals surface area contributed by atoms with Crippen LogP contribution in [0.5, 0.6) is 11.5 Å². The summed E-state index contributed by atoms with van der Waals surface area (Å²) in [6.45, 7) is 3.75. The summed E-state index contributed by atoms with van der Waals surface area (Å²) >= 11 is 0. The van der Waals surface area contributed by atoms with Crippen LogP contribution in [0.4, 0.5) is 5.69 Å². The maximum Gasteiger partial charge on any atom is 0.251 e. The van der Waals surface area contributed by atoms with Gasteiger partial charge in [0.05, 0.1) is 19.8 Å². The number of carbonyl (C=O) groups is 2. The average molecular weight is 396 g/mol. The quantitative estimate of drug-likeness (QED) is 0.742. The Morgan fingerprint density at radius 3 is 2.38 bits per heavy atom. The summed E-state index contributed by atoms with van der Waals surface area (Å²) in [7, 11) is 1.55. The van der Waals surface area contributed by atoms with Crippen molar-refractivity contribution in [2.24, 2.45) is 0 Å². The zero-order valence-electron chi connectivity index (χ0n) is 17.2. The van der Waals surface area contributed by atoms with Gasteiger partial charge in [0.2, 0.25) is 5.91 Å². The van der Waals surface area contributed by atoms with E-state index in [-0.39, 0.29) is 24.5 Å². The molecule has 1 aliphatic carbocycles. The number of aryl methyl sites for hydroxylation is 2. The Morgan fingerprint density at radius 2 is 1.72 bits per heavy atom. The van der Waals surface area contributed by atoms with Crippen LogP contribution >= 0.6 is 0 Å². The number of rotatable bonds is 7. The largest absolute Gasteiger partial charge is 0.493 e. The van der Waals surface area contributed by atoms with E-state index in [0.29, 0.717) is 17.1 Å². The maximum absolute atomic E-state index is 12.5. The summed E-state index contributed by atoms with van der Waals surface area (Å²) in [5.41, 5.74) is 3.15. The number of hydrogen-bond donors (Lipinski definition) is 2. The molecule has 0 saturated heterocycles. The van der Waals surface area contributed by atoms with E-state index in [4.69, 9.17) is 9.47 Å². The second-order valence-corrected chi connectivity index (χ2v) is 7.39. The van der Waals surface area contributed by atoms with E-state index in [1.807, 2.05) is 32.0 Å². The van der Waals surface area contributed by atoms with Crippen molar-refractivity contribution in [2.45, 2.75) is 45.6 Å². The first kappa shape index (κ1) is 20.7. The molecule has 0 spiro atoms. The lowest BCUT2D eigenvalue weighted by Gasteiger charge is -2.16. The monoisotopic (exact) mass is 396 g/mol. The van der Waals surface area contributed by atoms with Crippen LogP contribution in [-0.2, 0) is 4.79 Å². The molecule has 6 nitrogen and oxygen atoms in total. The van der Waals surface area contributed by atoms with Gasteiger partial charge in [-0.1, -0.05) is 18.2 Å². The van der Waals surface area contributed by atoms with Gasteiger partial charge in [-0.3, -0.25) is 9.59 Å². The number of methoxy groups -OCH3 is 1. The molecule has 0 radical (unpaired) electrons. The van der Waals surface area contributed by atoms with Crippen LogP contribution in [-0.4, -0.2) is 31.6 Å². The van der Waals surface area contributed by atoms with E-state index in [0.717, 1.165) is 29.7 Å². The van der Waals surface area contributed by atoms with Gasteiger partial charge in [0.25, 0.3) is 5.91 Å². The van der Waals surface area contributed by atoms with Gasteiger partial charge >= 0.3 is 0 Å². The Balaban J connectivity index is 1.59. The fourth-order valence-corrected chi connectivity index (χ4v) is 3.55. The normalized spacial score (nSPS) is 13.8. The topological polar surface area (TPSA) is 76.7 Å². The van der Waals surface area contributed by atoms with E-state index in [2.05, 4.69) is 10.6 Å². The minimum absolute atomic E-state index is 0.116. The molecule has 0 aromatic heterocycles. The number of ether oxygens (including phenoxy) is 2. The molecule has 2 aromatic rings. The third-order valence-corrected chi connectivity index (χ3v) is 5.18. The Labute approximate surface area is 171 Å². The van der Waals surface area contributed by atoms with E-state index in [1.165, 1.54) is 12.8 Å². The molecule has 29 heavy (non-hydrogen) atoms. The highest BCUT2D eigenvalue weighted by Crippen LogP contribution is 2.32. The van der Waals surface area contributed by atoms with Gasteiger partial charge in [-0.2, -0.15) is 0 Å². The lowest BCUT2D eigenvalue weighted by molar-refractivity contribution is -0.115. The summed E-state index contributed by atoms with van der Waals surface area (Å²) in [5.74, 6) is 0.546. The Hall–Kier alpha value is -3.02. The number of carbonyl (C=O) groups excluding carboxylic acids is 2. The molecule has 0 atom stereocenters. The van der Waals surface area contributed by atoms with Crippen molar-refractivity contribution in [1.82, 2.24) is 5.32 Å². The molecule has 1 saturated carbocycles. The third-order valence-electron chi connectivity index (χ3n) is 5.18. The molecule has 1 aliphatic rings.